The number of phenols is 2. The second-order valence-electron chi connectivity index (χ2n) is 9.98. The second-order valence-corrected chi connectivity index (χ2v) is 9.98. The largest absolute Gasteiger partial charge is 0.508 e. The Balaban J connectivity index is 1.35. The van der Waals surface area contributed by atoms with Crippen LogP contribution < -0.4 is 10.2 Å². The van der Waals surface area contributed by atoms with Crippen LogP contribution in [0.2, 0.25) is 0 Å². The van der Waals surface area contributed by atoms with Gasteiger partial charge in [0, 0.05) is 23.8 Å². The van der Waals surface area contributed by atoms with Gasteiger partial charge in [-0.1, -0.05) is 0 Å². The van der Waals surface area contributed by atoms with Crippen LogP contribution in [0, 0.1) is 0 Å². The smallest absolute Gasteiger partial charge is 0.229 e. The molecule has 0 unspecified atom stereocenters. The zero-order valence-electron chi connectivity index (χ0n) is 21.5. The van der Waals surface area contributed by atoms with E-state index in [1.54, 1.807) is 0 Å². The molecule has 0 amide bonds. The van der Waals surface area contributed by atoms with Crippen molar-refractivity contribution in [2.75, 3.05) is 6.61 Å². The number of rotatable bonds is 6. The van der Waals surface area contributed by atoms with Crippen molar-refractivity contribution in [3.63, 3.8) is 0 Å². The molecule has 14 nitrogen and oxygen atoms in total. The first-order chi connectivity index (χ1) is 19.4. The van der Waals surface area contributed by atoms with Gasteiger partial charge in [-0.15, -0.1) is 0 Å². The number of aliphatic hydroxyl groups excluding tert-OH is 6. The molecular formula is C27H30O14. The van der Waals surface area contributed by atoms with Crippen molar-refractivity contribution in [2.45, 2.75) is 68.3 Å². The molecule has 10 atom stereocenters. The summed E-state index contributed by atoms with van der Waals surface area (Å²) < 4.78 is 27.9. The third-order valence-corrected chi connectivity index (χ3v) is 7.09. The van der Waals surface area contributed by atoms with E-state index in [2.05, 4.69) is 0 Å². The number of ether oxygens (including phenoxy) is 4. The molecule has 8 N–H and O–H groups in total. The highest BCUT2D eigenvalue weighted by molar-refractivity contribution is 5.86. The fourth-order valence-corrected chi connectivity index (χ4v) is 4.71. The number of aliphatic hydroxyl groups is 6. The number of fused-ring (bicyclic) bond motifs is 1. The highest BCUT2D eigenvalue weighted by Crippen LogP contribution is 2.34. The zero-order valence-corrected chi connectivity index (χ0v) is 21.5. The Morgan fingerprint density at radius 3 is 2.15 bits per heavy atom. The summed E-state index contributed by atoms with van der Waals surface area (Å²) in [5.41, 5.74) is -0.149. The maximum absolute atomic E-state index is 12.7. The fraction of sp³-hybridized carbons (Fsp3) is 0.444. The molecule has 2 saturated heterocycles. The van der Waals surface area contributed by atoms with Gasteiger partial charge in [-0.05, 0) is 31.2 Å². The molecule has 5 rings (SSSR count). The molecule has 1 aromatic heterocycles. The quantitative estimate of drug-likeness (QED) is 0.174. The maximum atomic E-state index is 12.7. The lowest BCUT2D eigenvalue weighted by molar-refractivity contribution is -0.318. The highest BCUT2D eigenvalue weighted by atomic mass is 16.7. The van der Waals surface area contributed by atoms with Crippen LogP contribution in [0.4, 0.5) is 0 Å². The van der Waals surface area contributed by atoms with Crippen LogP contribution in [-0.2, 0) is 14.2 Å². The SMILES string of the molecule is C[C@@H]1O[C@@H](OC[C@H]2O[C@@H](Oc3cc(O)c4c(=O)cc(-c5ccc(O)cc5)oc4c3)[C@@H](O)[C@@H](O)[C@@H]2O)[C@@H](O)[C@@H](O)[C@H]1O. The number of benzene rings is 2. The van der Waals surface area contributed by atoms with Crippen molar-refractivity contribution in [3.8, 4) is 28.6 Å². The Kier molecular flexibility index (Phi) is 8.20. The summed E-state index contributed by atoms with van der Waals surface area (Å²) in [7, 11) is 0. The fourth-order valence-electron chi connectivity index (χ4n) is 4.71. The molecular weight excluding hydrogens is 548 g/mol. The van der Waals surface area contributed by atoms with Gasteiger partial charge >= 0.3 is 0 Å². The molecule has 0 bridgehead atoms. The minimum absolute atomic E-state index is 0.0145. The number of hydrogen-bond acceptors (Lipinski definition) is 14. The van der Waals surface area contributed by atoms with Gasteiger partial charge in [0.2, 0.25) is 6.29 Å². The first-order valence-corrected chi connectivity index (χ1v) is 12.7. The Hall–Kier alpha value is -3.31. The molecule has 2 aliphatic rings. The molecule has 2 fully saturated rings. The van der Waals surface area contributed by atoms with E-state index in [1.807, 2.05) is 0 Å². The summed E-state index contributed by atoms with van der Waals surface area (Å²) in [6.07, 6.45) is -14.9. The van der Waals surface area contributed by atoms with Crippen LogP contribution in [-0.4, -0.2) is 109 Å². The lowest BCUT2D eigenvalue weighted by Gasteiger charge is -2.42. The van der Waals surface area contributed by atoms with Gasteiger partial charge in [0.1, 0.15) is 76.7 Å². The van der Waals surface area contributed by atoms with Crippen LogP contribution in [0.25, 0.3) is 22.3 Å². The Morgan fingerprint density at radius 1 is 0.780 bits per heavy atom. The first-order valence-electron chi connectivity index (χ1n) is 12.7. The Bertz CT molecular complexity index is 1420. The standard InChI is InChI=1S/C27H30O14/c1-10-20(31)22(33)24(35)26(38-10)37-9-18-21(32)23(34)25(36)27(41-18)39-13-6-14(29)19-15(30)8-16(40-17(19)7-13)11-2-4-12(28)5-3-11/h2-8,10,18,20-29,31-36H,9H2,1H3/t10-,18+,20-,21+,22-,23-,24-,25-,26+,27+/m0/s1. The van der Waals surface area contributed by atoms with E-state index in [1.165, 1.54) is 43.3 Å². The summed E-state index contributed by atoms with van der Waals surface area (Å²) in [6, 6.07) is 9.40. The average molecular weight is 579 g/mol. The van der Waals surface area contributed by atoms with Crippen LogP contribution in [0.3, 0.4) is 0 Å². The molecule has 14 heteroatoms. The predicted molar refractivity (Wildman–Crippen MR) is 137 cm³/mol. The molecule has 0 spiro atoms. The maximum Gasteiger partial charge on any atom is 0.229 e. The normalized spacial score (nSPS) is 34.0. The molecule has 3 heterocycles. The predicted octanol–water partition coefficient (Wildman–Crippen LogP) is -1.10. The van der Waals surface area contributed by atoms with E-state index in [0.29, 0.717) is 5.56 Å². The topological polar surface area (TPSA) is 229 Å². The molecule has 2 aliphatic heterocycles. The van der Waals surface area contributed by atoms with Crippen molar-refractivity contribution >= 4 is 11.0 Å². The van der Waals surface area contributed by atoms with Crippen LogP contribution in [0.1, 0.15) is 6.92 Å². The highest BCUT2D eigenvalue weighted by Gasteiger charge is 2.47. The van der Waals surface area contributed by atoms with Crippen molar-refractivity contribution in [3.05, 3.63) is 52.7 Å². The van der Waals surface area contributed by atoms with Crippen molar-refractivity contribution < 1.29 is 64.2 Å². The Labute approximate surface area is 231 Å². The summed E-state index contributed by atoms with van der Waals surface area (Å²) in [6.45, 7) is 0.969. The third kappa shape index (κ3) is 5.74. The van der Waals surface area contributed by atoms with Crippen molar-refractivity contribution in [1.29, 1.82) is 0 Å². The molecule has 0 saturated carbocycles. The van der Waals surface area contributed by atoms with Crippen molar-refractivity contribution in [1.82, 2.24) is 0 Å². The number of hydrogen-bond donors (Lipinski definition) is 8. The van der Waals surface area contributed by atoms with E-state index in [-0.39, 0.29) is 28.2 Å². The van der Waals surface area contributed by atoms with Crippen LogP contribution in [0.5, 0.6) is 17.2 Å². The molecule has 2 aromatic carbocycles. The van der Waals surface area contributed by atoms with E-state index in [9.17, 15) is 45.6 Å². The molecule has 222 valence electrons. The Morgan fingerprint density at radius 2 is 1.44 bits per heavy atom. The lowest BCUT2D eigenvalue weighted by atomic mass is 9.98. The zero-order chi connectivity index (χ0) is 29.6. The summed E-state index contributed by atoms with van der Waals surface area (Å²) in [5, 5.41) is 81.2. The molecule has 41 heavy (non-hydrogen) atoms. The van der Waals surface area contributed by atoms with Gasteiger partial charge in [-0.2, -0.15) is 0 Å². The van der Waals surface area contributed by atoms with Gasteiger partial charge < -0.3 is 64.2 Å². The van der Waals surface area contributed by atoms with E-state index in [4.69, 9.17) is 23.4 Å². The third-order valence-electron chi connectivity index (χ3n) is 7.09. The number of phenolic OH excluding ortho intramolecular Hbond substituents is 2. The first kappa shape index (κ1) is 29.2. The minimum Gasteiger partial charge on any atom is -0.508 e. The molecule has 3 aromatic rings. The van der Waals surface area contributed by atoms with E-state index >= 15 is 0 Å². The lowest BCUT2D eigenvalue weighted by Crippen LogP contribution is -2.61. The molecule has 0 aliphatic carbocycles. The van der Waals surface area contributed by atoms with Crippen molar-refractivity contribution in [2.24, 2.45) is 0 Å². The number of aromatic hydroxyl groups is 2. The van der Waals surface area contributed by atoms with Crippen LogP contribution in [0.15, 0.2) is 51.7 Å². The minimum atomic E-state index is -1.76. The summed E-state index contributed by atoms with van der Waals surface area (Å²) in [4.78, 5) is 12.7. The second kappa shape index (κ2) is 11.5. The van der Waals surface area contributed by atoms with E-state index in [0.717, 1.165) is 6.07 Å². The van der Waals surface area contributed by atoms with Crippen LogP contribution >= 0.6 is 0 Å². The summed E-state index contributed by atoms with van der Waals surface area (Å²) >= 11 is 0. The summed E-state index contributed by atoms with van der Waals surface area (Å²) in [5.74, 6) is -0.457. The van der Waals surface area contributed by atoms with Gasteiger partial charge in [-0.25, -0.2) is 0 Å². The van der Waals surface area contributed by atoms with Gasteiger partial charge in [0.25, 0.3) is 0 Å². The average Bonchev–Trinajstić information content (AvgIpc) is 2.94. The molecule has 0 radical (unpaired) electrons. The monoisotopic (exact) mass is 578 g/mol. The van der Waals surface area contributed by atoms with Gasteiger partial charge in [-0.3, -0.25) is 4.79 Å². The van der Waals surface area contributed by atoms with Gasteiger partial charge in [0.05, 0.1) is 12.7 Å². The van der Waals surface area contributed by atoms with E-state index < -0.39 is 79.2 Å². The van der Waals surface area contributed by atoms with Gasteiger partial charge in [0.15, 0.2) is 11.7 Å².